The first-order valence-electron chi connectivity index (χ1n) is 6.03. The van der Waals surface area contributed by atoms with Gasteiger partial charge in [-0.05, 0) is 42.0 Å². The van der Waals surface area contributed by atoms with Crippen LogP contribution in [0.1, 0.15) is 22.0 Å². The molecule has 20 heavy (non-hydrogen) atoms. The van der Waals surface area contributed by atoms with Crippen molar-refractivity contribution in [2.45, 2.75) is 6.10 Å². The molecule has 1 atom stereocenters. The number of rotatable bonds is 4. The topological polar surface area (TPSA) is 49.3 Å². The van der Waals surface area contributed by atoms with E-state index in [1.165, 1.54) is 48.5 Å². The van der Waals surface area contributed by atoms with E-state index in [0.717, 1.165) is 0 Å². The summed E-state index contributed by atoms with van der Waals surface area (Å²) in [6, 6.07) is 10.5. The number of hydrogen-bond acceptors (Lipinski definition) is 2. The lowest BCUT2D eigenvalue weighted by Gasteiger charge is -2.12. The van der Waals surface area contributed by atoms with Crippen molar-refractivity contribution in [2.75, 3.05) is 6.54 Å². The van der Waals surface area contributed by atoms with Gasteiger partial charge in [-0.15, -0.1) is 0 Å². The minimum absolute atomic E-state index is 0.0121. The van der Waals surface area contributed by atoms with Gasteiger partial charge in [-0.3, -0.25) is 4.79 Å². The Hall–Kier alpha value is -2.27. The molecule has 2 aromatic carbocycles. The number of aliphatic hydroxyl groups excluding tert-OH is 1. The number of hydrogen-bond donors (Lipinski definition) is 2. The molecule has 0 saturated carbocycles. The molecule has 2 N–H and O–H groups in total. The molecule has 0 aromatic heterocycles. The Morgan fingerprint density at radius 2 is 1.50 bits per heavy atom. The summed E-state index contributed by atoms with van der Waals surface area (Å²) in [7, 11) is 0. The van der Waals surface area contributed by atoms with Crippen molar-refractivity contribution in [3.8, 4) is 0 Å². The van der Waals surface area contributed by atoms with Crippen LogP contribution in [0.3, 0.4) is 0 Å². The average molecular weight is 277 g/mol. The summed E-state index contributed by atoms with van der Waals surface area (Å²) in [5.41, 5.74) is 0.809. The zero-order valence-electron chi connectivity index (χ0n) is 10.5. The van der Waals surface area contributed by atoms with Crippen molar-refractivity contribution in [3.63, 3.8) is 0 Å². The Balaban J connectivity index is 1.92. The molecular weight excluding hydrogens is 264 g/mol. The van der Waals surface area contributed by atoms with Gasteiger partial charge in [0.05, 0.1) is 6.10 Å². The fraction of sp³-hybridized carbons (Fsp3) is 0.133. The first kappa shape index (κ1) is 14.1. The monoisotopic (exact) mass is 277 g/mol. The fourth-order valence-electron chi connectivity index (χ4n) is 1.70. The van der Waals surface area contributed by atoms with Crippen molar-refractivity contribution < 1.29 is 18.7 Å². The van der Waals surface area contributed by atoms with Gasteiger partial charge in [-0.25, -0.2) is 8.78 Å². The second-order valence-corrected chi connectivity index (χ2v) is 4.28. The maximum Gasteiger partial charge on any atom is 0.251 e. The van der Waals surface area contributed by atoms with Crippen molar-refractivity contribution >= 4 is 5.91 Å². The first-order valence-corrected chi connectivity index (χ1v) is 6.03. The highest BCUT2D eigenvalue weighted by atomic mass is 19.1. The summed E-state index contributed by atoms with van der Waals surface area (Å²) in [6.45, 7) is -0.0121. The van der Waals surface area contributed by atoms with Crippen LogP contribution in [0, 0.1) is 11.6 Å². The zero-order valence-corrected chi connectivity index (χ0v) is 10.5. The quantitative estimate of drug-likeness (QED) is 0.901. The lowest BCUT2D eigenvalue weighted by Crippen LogP contribution is -2.28. The third-order valence-electron chi connectivity index (χ3n) is 2.82. The maximum absolute atomic E-state index is 12.7. The number of carbonyl (C=O) groups excluding carboxylic acids is 1. The first-order chi connectivity index (χ1) is 9.56. The van der Waals surface area contributed by atoms with E-state index in [1.807, 2.05) is 0 Å². The SMILES string of the molecule is O=C(NCC(O)c1ccc(F)cc1)c1ccc(F)cc1. The predicted octanol–water partition coefficient (Wildman–Crippen LogP) is 2.43. The highest BCUT2D eigenvalue weighted by Crippen LogP contribution is 2.12. The van der Waals surface area contributed by atoms with Crippen LogP contribution in [0.25, 0.3) is 0 Å². The number of carbonyl (C=O) groups is 1. The molecule has 2 rings (SSSR count). The Kier molecular flexibility index (Phi) is 4.42. The zero-order chi connectivity index (χ0) is 14.5. The van der Waals surface area contributed by atoms with Crippen molar-refractivity contribution in [2.24, 2.45) is 0 Å². The van der Waals surface area contributed by atoms with Gasteiger partial charge in [0.25, 0.3) is 5.91 Å². The second-order valence-electron chi connectivity index (χ2n) is 4.28. The molecule has 0 aliphatic rings. The van der Waals surface area contributed by atoms with E-state index in [0.29, 0.717) is 11.1 Å². The van der Waals surface area contributed by atoms with Crippen LogP contribution >= 0.6 is 0 Å². The van der Waals surface area contributed by atoms with E-state index in [-0.39, 0.29) is 6.54 Å². The Labute approximate surface area is 114 Å². The Morgan fingerprint density at radius 1 is 1.00 bits per heavy atom. The van der Waals surface area contributed by atoms with Gasteiger partial charge in [0.1, 0.15) is 11.6 Å². The second kappa shape index (κ2) is 6.25. The summed E-state index contributed by atoms with van der Waals surface area (Å²) in [4.78, 5) is 11.7. The van der Waals surface area contributed by atoms with E-state index in [4.69, 9.17) is 0 Å². The Bertz CT molecular complexity index is 582. The third-order valence-corrected chi connectivity index (χ3v) is 2.82. The van der Waals surface area contributed by atoms with Gasteiger partial charge < -0.3 is 10.4 Å². The highest BCUT2D eigenvalue weighted by Gasteiger charge is 2.11. The van der Waals surface area contributed by atoms with Crippen LogP contribution in [0.15, 0.2) is 48.5 Å². The van der Waals surface area contributed by atoms with Gasteiger partial charge in [-0.1, -0.05) is 12.1 Å². The molecule has 2 aromatic rings. The molecular formula is C15H13F2NO2. The minimum Gasteiger partial charge on any atom is -0.387 e. The van der Waals surface area contributed by atoms with E-state index >= 15 is 0 Å². The van der Waals surface area contributed by atoms with Crippen LogP contribution in [-0.4, -0.2) is 17.6 Å². The van der Waals surface area contributed by atoms with Crippen LogP contribution in [0.2, 0.25) is 0 Å². The van der Waals surface area contributed by atoms with Gasteiger partial charge >= 0.3 is 0 Å². The van der Waals surface area contributed by atoms with Crippen LogP contribution in [-0.2, 0) is 0 Å². The molecule has 1 unspecified atom stereocenters. The largest absolute Gasteiger partial charge is 0.387 e. The standard InChI is InChI=1S/C15H13F2NO2/c16-12-5-1-10(2-6-12)14(19)9-18-15(20)11-3-7-13(17)8-4-11/h1-8,14,19H,9H2,(H,18,20). The van der Waals surface area contributed by atoms with E-state index < -0.39 is 23.6 Å². The highest BCUT2D eigenvalue weighted by molar-refractivity contribution is 5.94. The number of amides is 1. The molecule has 1 amide bonds. The molecule has 3 nitrogen and oxygen atoms in total. The van der Waals surface area contributed by atoms with Crippen LogP contribution in [0.5, 0.6) is 0 Å². The summed E-state index contributed by atoms with van der Waals surface area (Å²) >= 11 is 0. The molecule has 0 spiro atoms. The molecule has 0 saturated heterocycles. The molecule has 5 heteroatoms. The number of nitrogens with one attached hydrogen (secondary N) is 1. The number of halogens is 2. The Morgan fingerprint density at radius 3 is 2.05 bits per heavy atom. The lowest BCUT2D eigenvalue weighted by molar-refractivity contribution is 0.0916. The van der Waals surface area contributed by atoms with Crippen molar-refractivity contribution in [3.05, 3.63) is 71.3 Å². The average Bonchev–Trinajstić information content (AvgIpc) is 2.46. The summed E-state index contributed by atoms with van der Waals surface area (Å²) < 4.78 is 25.5. The molecule has 0 fully saturated rings. The van der Waals surface area contributed by atoms with Gasteiger partial charge in [-0.2, -0.15) is 0 Å². The molecule has 0 heterocycles. The van der Waals surface area contributed by atoms with Gasteiger partial charge in [0.2, 0.25) is 0 Å². The normalized spacial score (nSPS) is 11.9. The molecule has 0 aliphatic carbocycles. The van der Waals surface area contributed by atoms with Gasteiger partial charge in [0.15, 0.2) is 0 Å². The van der Waals surface area contributed by atoms with Crippen molar-refractivity contribution in [1.29, 1.82) is 0 Å². The molecule has 104 valence electrons. The maximum atomic E-state index is 12.7. The van der Waals surface area contributed by atoms with E-state index in [2.05, 4.69) is 5.32 Å². The third kappa shape index (κ3) is 3.61. The van der Waals surface area contributed by atoms with Gasteiger partial charge in [0, 0.05) is 12.1 Å². The number of aliphatic hydroxyl groups is 1. The van der Waals surface area contributed by atoms with E-state index in [1.54, 1.807) is 0 Å². The number of benzene rings is 2. The molecule has 0 aliphatic heterocycles. The van der Waals surface area contributed by atoms with Crippen LogP contribution < -0.4 is 5.32 Å². The molecule has 0 bridgehead atoms. The minimum atomic E-state index is -0.931. The van der Waals surface area contributed by atoms with Crippen LogP contribution in [0.4, 0.5) is 8.78 Å². The predicted molar refractivity (Wildman–Crippen MR) is 70.1 cm³/mol. The summed E-state index contributed by atoms with van der Waals surface area (Å²) in [6.07, 6.45) is -0.931. The summed E-state index contributed by atoms with van der Waals surface area (Å²) in [5.74, 6) is -1.23. The fourth-order valence-corrected chi connectivity index (χ4v) is 1.70. The van der Waals surface area contributed by atoms with E-state index in [9.17, 15) is 18.7 Å². The lowest BCUT2D eigenvalue weighted by atomic mass is 10.1. The smallest absolute Gasteiger partial charge is 0.251 e. The summed E-state index contributed by atoms with van der Waals surface area (Å²) in [5, 5.41) is 12.4. The van der Waals surface area contributed by atoms with Crippen molar-refractivity contribution in [1.82, 2.24) is 5.32 Å². The molecule has 0 radical (unpaired) electrons.